The largest absolute Gasteiger partial charge is 0.352 e. The topological polar surface area (TPSA) is 50.2 Å². The molecule has 3 aromatic rings. The molecular formula is C22H25ClN4O. The highest BCUT2D eigenvalue weighted by Crippen LogP contribution is 2.16. The van der Waals surface area contributed by atoms with Crippen molar-refractivity contribution in [1.29, 1.82) is 0 Å². The fourth-order valence-corrected chi connectivity index (χ4v) is 3.19. The molecule has 0 radical (unpaired) electrons. The van der Waals surface area contributed by atoms with Gasteiger partial charge in [0.05, 0.1) is 18.3 Å². The van der Waals surface area contributed by atoms with Crippen LogP contribution in [0.15, 0.2) is 67.0 Å². The van der Waals surface area contributed by atoms with E-state index in [1.807, 2.05) is 30.3 Å². The minimum atomic E-state index is -0.101. The van der Waals surface area contributed by atoms with Crippen molar-refractivity contribution in [3.8, 4) is 0 Å². The van der Waals surface area contributed by atoms with Crippen molar-refractivity contribution >= 4 is 17.5 Å². The van der Waals surface area contributed by atoms with E-state index in [4.69, 9.17) is 11.6 Å². The molecule has 0 aliphatic carbocycles. The van der Waals surface area contributed by atoms with Crippen LogP contribution < -0.4 is 5.32 Å². The van der Waals surface area contributed by atoms with E-state index in [9.17, 15) is 4.79 Å². The molecule has 0 atom stereocenters. The summed E-state index contributed by atoms with van der Waals surface area (Å²) in [5.74, 6) is -0.101. The monoisotopic (exact) mass is 396 g/mol. The van der Waals surface area contributed by atoms with E-state index in [0.29, 0.717) is 23.7 Å². The van der Waals surface area contributed by atoms with E-state index < -0.39 is 0 Å². The second-order valence-corrected chi connectivity index (χ2v) is 7.26. The zero-order valence-corrected chi connectivity index (χ0v) is 16.8. The molecule has 1 N–H and O–H groups in total. The van der Waals surface area contributed by atoms with Crippen LogP contribution >= 0.6 is 11.6 Å². The van der Waals surface area contributed by atoms with Crippen LogP contribution in [0.1, 0.15) is 27.9 Å². The van der Waals surface area contributed by atoms with Crippen molar-refractivity contribution in [1.82, 2.24) is 20.0 Å². The lowest BCUT2D eigenvalue weighted by molar-refractivity contribution is 0.0952. The SMILES string of the molecule is CN(CCCNC(=O)c1cnn(Cc2ccccc2Cl)c1)Cc1ccccc1. The molecule has 3 rings (SSSR count). The summed E-state index contributed by atoms with van der Waals surface area (Å²) in [5.41, 5.74) is 2.82. The molecule has 0 aliphatic rings. The Hall–Kier alpha value is -2.63. The quantitative estimate of drug-likeness (QED) is 0.559. The summed E-state index contributed by atoms with van der Waals surface area (Å²) in [6, 6.07) is 18.0. The molecule has 0 fully saturated rings. The number of carbonyl (C=O) groups excluding carboxylic acids is 1. The van der Waals surface area contributed by atoms with E-state index in [2.05, 4.69) is 46.6 Å². The number of benzene rings is 2. The first-order valence-corrected chi connectivity index (χ1v) is 9.76. The molecule has 0 unspecified atom stereocenters. The molecule has 146 valence electrons. The van der Waals surface area contributed by atoms with Gasteiger partial charge in [-0.15, -0.1) is 0 Å². The third-order valence-corrected chi connectivity index (χ3v) is 4.85. The second kappa shape index (κ2) is 10.1. The number of nitrogens with one attached hydrogen (secondary N) is 1. The minimum Gasteiger partial charge on any atom is -0.352 e. The molecule has 0 aliphatic heterocycles. The highest BCUT2D eigenvalue weighted by Gasteiger charge is 2.09. The lowest BCUT2D eigenvalue weighted by Crippen LogP contribution is -2.28. The summed E-state index contributed by atoms with van der Waals surface area (Å²) in [5, 5.41) is 7.93. The standard InChI is InChI=1S/C22H25ClN4O/c1-26(15-18-8-3-2-4-9-18)13-7-12-24-22(28)20-14-25-27(17-20)16-19-10-5-6-11-21(19)23/h2-6,8-11,14,17H,7,12-13,15-16H2,1H3,(H,24,28). The van der Waals surface area contributed by atoms with Crippen LogP contribution in [-0.2, 0) is 13.1 Å². The highest BCUT2D eigenvalue weighted by molar-refractivity contribution is 6.31. The third kappa shape index (κ3) is 5.94. The first-order valence-electron chi connectivity index (χ1n) is 9.38. The van der Waals surface area contributed by atoms with Gasteiger partial charge in [-0.2, -0.15) is 5.10 Å². The summed E-state index contributed by atoms with van der Waals surface area (Å²) >= 11 is 6.18. The van der Waals surface area contributed by atoms with E-state index in [0.717, 1.165) is 25.1 Å². The Labute approximate surface area is 170 Å². The maximum absolute atomic E-state index is 12.3. The Morgan fingerprint density at radius 2 is 1.89 bits per heavy atom. The molecule has 28 heavy (non-hydrogen) atoms. The summed E-state index contributed by atoms with van der Waals surface area (Å²) < 4.78 is 1.73. The molecule has 2 aromatic carbocycles. The maximum Gasteiger partial charge on any atom is 0.254 e. The fourth-order valence-electron chi connectivity index (χ4n) is 3.00. The highest BCUT2D eigenvalue weighted by atomic mass is 35.5. The number of hydrogen-bond donors (Lipinski definition) is 1. The van der Waals surface area contributed by atoms with Crippen LogP contribution in [0.25, 0.3) is 0 Å². The van der Waals surface area contributed by atoms with Crippen LogP contribution in [0.2, 0.25) is 5.02 Å². The summed E-state index contributed by atoms with van der Waals surface area (Å²) in [4.78, 5) is 14.6. The Balaban J connectivity index is 1.40. The van der Waals surface area contributed by atoms with Crippen LogP contribution in [0, 0.1) is 0 Å². The summed E-state index contributed by atoms with van der Waals surface area (Å²) in [6.45, 7) is 3.00. The maximum atomic E-state index is 12.3. The lowest BCUT2D eigenvalue weighted by atomic mass is 10.2. The van der Waals surface area contributed by atoms with Crippen LogP contribution in [0.5, 0.6) is 0 Å². The Kier molecular flexibility index (Phi) is 7.23. The normalized spacial score (nSPS) is 11.0. The van der Waals surface area contributed by atoms with Crippen molar-refractivity contribution in [3.05, 3.63) is 88.7 Å². The average molecular weight is 397 g/mol. The van der Waals surface area contributed by atoms with Gasteiger partial charge in [-0.05, 0) is 37.2 Å². The van der Waals surface area contributed by atoms with Crippen molar-refractivity contribution in [2.45, 2.75) is 19.5 Å². The molecule has 0 saturated carbocycles. The first kappa shape index (κ1) is 20.1. The summed E-state index contributed by atoms with van der Waals surface area (Å²) in [7, 11) is 2.09. The number of hydrogen-bond acceptors (Lipinski definition) is 3. The van der Waals surface area contributed by atoms with Crippen molar-refractivity contribution < 1.29 is 4.79 Å². The van der Waals surface area contributed by atoms with Crippen LogP contribution in [0.4, 0.5) is 0 Å². The number of aromatic nitrogens is 2. The number of amides is 1. The fraction of sp³-hybridized carbons (Fsp3) is 0.273. The summed E-state index contributed by atoms with van der Waals surface area (Å²) in [6.07, 6.45) is 4.23. The van der Waals surface area contributed by atoms with E-state index >= 15 is 0 Å². The second-order valence-electron chi connectivity index (χ2n) is 6.85. The van der Waals surface area contributed by atoms with Crippen molar-refractivity contribution in [2.75, 3.05) is 20.1 Å². The smallest absolute Gasteiger partial charge is 0.254 e. The molecule has 1 heterocycles. The molecule has 5 nitrogen and oxygen atoms in total. The predicted octanol–water partition coefficient (Wildman–Crippen LogP) is 3.84. The minimum absolute atomic E-state index is 0.101. The molecule has 0 spiro atoms. The molecule has 6 heteroatoms. The molecule has 1 amide bonds. The zero-order valence-electron chi connectivity index (χ0n) is 16.0. The van der Waals surface area contributed by atoms with Crippen molar-refractivity contribution in [2.24, 2.45) is 0 Å². The van der Waals surface area contributed by atoms with Crippen LogP contribution in [-0.4, -0.2) is 40.7 Å². The predicted molar refractivity (Wildman–Crippen MR) is 113 cm³/mol. The molecule has 0 saturated heterocycles. The van der Waals surface area contributed by atoms with E-state index in [1.54, 1.807) is 17.1 Å². The first-order chi connectivity index (χ1) is 13.6. The van der Waals surface area contributed by atoms with Crippen molar-refractivity contribution in [3.63, 3.8) is 0 Å². The average Bonchev–Trinajstić information content (AvgIpc) is 3.16. The Morgan fingerprint density at radius 1 is 1.14 bits per heavy atom. The Morgan fingerprint density at radius 3 is 2.68 bits per heavy atom. The number of rotatable bonds is 9. The van der Waals surface area contributed by atoms with Gasteiger partial charge in [-0.1, -0.05) is 60.1 Å². The van der Waals surface area contributed by atoms with Gasteiger partial charge in [0.25, 0.3) is 5.91 Å². The van der Waals surface area contributed by atoms with Gasteiger partial charge >= 0.3 is 0 Å². The number of carbonyl (C=O) groups is 1. The van der Waals surface area contributed by atoms with Gasteiger partial charge in [-0.25, -0.2) is 0 Å². The van der Waals surface area contributed by atoms with Gasteiger partial charge in [-0.3, -0.25) is 9.48 Å². The number of halogens is 1. The Bertz CT molecular complexity index is 894. The molecular weight excluding hydrogens is 372 g/mol. The molecule has 1 aromatic heterocycles. The van der Waals surface area contributed by atoms with E-state index in [1.165, 1.54) is 5.56 Å². The third-order valence-electron chi connectivity index (χ3n) is 4.48. The van der Waals surface area contributed by atoms with Gasteiger partial charge in [0.15, 0.2) is 0 Å². The van der Waals surface area contributed by atoms with Gasteiger partial charge in [0.2, 0.25) is 0 Å². The zero-order chi connectivity index (χ0) is 19.8. The van der Waals surface area contributed by atoms with Crippen LogP contribution in [0.3, 0.4) is 0 Å². The molecule has 0 bridgehead atoms. The lowest BCUT2D eigenvalue weighted by Gasteiger charge is -2.16. The number of nitrogens with zero attached hydrogens (tertiary/aromatic N) is 3. The van der Waals surface area contributed by atoms with E-state index in [-0.39, 0.29) is 5.91 Å². The van der Waals surface area contributed by atoms with Gasteiger partial charge in [0, 0.05) is 24.3 Å². The van der Waals surface area contributed by atoms with Gasteiger partial charge < -0.3 is 10.2 Å². The van der Waals surface area contributed by atoms with Gasteiger partial charge in [0.1, 0.15) is 0 Å².